The van der Waals surface area contributed by atoms with Gasteiger partial charge in [-0.1, -0.05) is 0 Å². The van der Waals surface area contributed by atoms with Gasteiger partial charge in [-0.05, 0) is 24.8 Å². The van der Waals surface area contributed by atoms with Crippen molar-refractivity contribution in [3.8, 4) is 11.5 Å². The first kappa shape index (κ1) is 16.4. The lowest BCUT2D eigenvalue weighted by molar-refractivity contribution is 0.440. The summed E-state index contributed by atoms with van der Waals surface area (Å²) in [5.41, 5.74) is 1.51. The molecule has 0 bridgehead atoms. The van der Waals surface area contributed by atoms with Crippen LogP contribution >= 0.6 is 11.3 Å². The van der Waals surface area contributed by atoms with Crippen molar-refractivity contribution in [2.45, 2.75) is 24.2 Å². The van der Waals surface area contributed by atoms with E-state index in [1.54, 1.807) is 30.0 Å². The zero-order chi connectivity index (χ0) is 17.6. The van der Waals surface area contributed by atoms with E-state index in [9.17, 15) is 8.42 Å². The van der Waals surface area contributed by atoms with Crippen molar-refractivity contribution < 1.29 is 12.8 Å². The summed E-state index contributed by atoms with van der Waals surface area (Å²) in [6.45, 7) is 2.51. The van der Waals surface area contributed by atoms with Gasteiger partial charge in [0.15, 0.2) is 0 Å². The average molecular weight is 379 g/mol. The highest BCUT2D eigenvalue weighted by atomic mass is 32.2. The first-order valence-corrected chi connectivity index (χ1v) is 10.2. The van der Waals surface area contributed by atoms with Crippen LogP contribution in [0.15, 0.2) is 32.3 Å². The van der Waals surface area contributed by atoms with Crippen molar-refractivity contribution in [1.29, 1.82) is 0 Å². The Balaban J connectivity index is 1.54. The molecule has 4 heterocycles. The van der Waals surface area contributed by atoms with Gasteiger partial charge in [-0.3, -0.25) is 4.68 Å². The highest BCUT2D eigenvalue weighted by Crippen LogP contribution is 2.32. The van der Waals surface area contributed by atoms with Crippen molar-refractivity contribution in [3.05, 3.63) is 34.6 Å². The molecule has 0 aliphatic carbocycles. The minimum Gasteiger partial charge on any atom is -0.420 e. The van der Waals surface area contributed by atoms with Crippen molar-refractivity contribution in [2.75, 3.05) is 13.1 Å². The average Bonchev–Trinajstić information content (AvgIpc) is 3.36. The van der Waals surface area contributed by atoms with Crippen molar-refractivity contribution in [2.24, 2.45) is 7.05 Å². The molecular formula is C15H17N5O3S2. The molecule has 132 valence electrons. The van der Waals surface area contributed by atoms with Crippen LogP contribution in [0.25, 0.3) is 11.5 Å². The first-order valence-electron chi connectivity index (χ1n) is 7.81. The summed E-state index contributed by atoms with van der Waals surface area (Å²) in [6, 6.07) is 1.92. The van der Waals surface area contributed by atoms with E-state index in [4.69, 9.17) is 4.42 Å². The molecule has 0 saturated carbocycles. The molecular weight excluding hydrogens is 362 g/mol. The van der Waals surface area contributed by atoms with E-state index >= 15 is 0 Å². The molecule has 1 saturated heterocycles. The topological polar surface area (TPSA) is 94.1 Å². The lowest BCUT2D eigenvalue weighted by Crippen LogP contribution is -2.29. The van der Waals surface area contributed by atoms with Gasteiger partial charge in [-0.2, -0.15) is 20.7 Å². The second kappa shape index (κ2) is 6.04. The summed E-state index contributed by atoms with van der Waals surface area (Å²) in [6.07, 6.45) is 2.06. The fourth-order valence-corrected chi connectivity index (χ4v) is 5.24. The van der Waals surface area contributed by atoms with E-state index in [0.717, 1.165) is 5.56 Å². The summed E-state index contributed by atoms with van der Waals surface area (Å²) in [5, 5.41) is 16.1. The number of aromatic nitrogens is 4. The molecule has 4 rings (SSSR count). The highest BCUT2D eigenvalue weighted by molar-refractivity contribution is 7.89. The fourth-order valence-electron chi connectivity index (χ4n) is 2.92. The second-order valence-electron chi connectivity index (χ2n) is 6.02. The fraction of sp³-hybridized carbons (Fsp3) is 0.400. The van der Waals surface area contributed by atoms with E-state index in [1.165, 1.54) is 10.5 Å². The van der Waals surface area contributed by atoms with Crippen LogP contribution in [0.2, 0.25) is 0 Å². The Kier molecular flexibility index (Phi) is 3.97. The minimum absolute atomic E-state index is 0.0911. The maximum absolute atomic E-state index is 12.8. The molecule has 0 spiro atoms. The lowest BCUT2D eigenvalue weighted by Gasteiger charge is -2.15. The molecule has 0 N–H and O–H groups in total. The molecule has 1 aliphatic heterocycles. The van der Waals surface area contributed by atoms with Crippen LogP contribution in [0.1, 0.15) is 23.9 Å². The Morgan fingerprint density at radius 3 is 2.88 bits per heavy atom. The Bertz CT molecular complexity index is 990. The number of nitrogens with zero attached hydrogens (tertiary/aromatic N) is 5. The monoisotopic (exact) mass is 379 g/mol. The van der Waals surface area contributed by atoms with E-state index < -0.39 is 10.0 Å². The molecule has 0 unspecified atom stereocenters. The molecule has 10 heteroatoms. The zero-order valence-corrected chi connectivity index (χ0v) is 15.4. The van der Waals surface area contributed by atoms with Crippen LogP contribution in [-0.4, -0.2) is 45.8 Å². The van der Waals surface area contributed by atoms with Gasteiger partial charge in [0, 0.05) is 31.1 Å². The Morgan fingerprint density at radius 2 is 2.20 bits per heavy atom. The quantitative estimate of drug-likeness (QED) is 0.688. The largest absolute Gasteiger partial charge is 0.420 e. The van der Waals surface area contributed by atoms with Crippen molar-refractivity contribution in [3.63, 3.8) is 0 Å². The molecule has 0 amide bonds. The summed E-state index contributed by atoms with van der Waals surface area (Å²) >= 11 is 1.56. The molecule has 1 atom stereocenters. The third-order valence-corrected chi connectivity index (χ3v) is 7.17. The van der Waals surface area contributed by atoms with Crippen molar-refractivity contribution in [1.82, 2.24) is 24.3 Å². The van der Waals surface area contributed by atoms with Gasteiger partial charge >= 0.3 is 0 Å². The number of rotatable bonds is 4. The van der Waals surface area contributed by atoms with Crippen LogP contribution < -0.4 is 0 Å². The molecule has 3 aromatic heterocycles. The number of aryl methyl sites for hydroxylation is 1. The molecule has 1 aliphatic rings. The Morgan fingerprint density at radius 1 is 1.36 bits per heavy atom. The summed E-state index contributed by atoms with van der Waals surface area (Å²) in [5.74, 6) is 0.870. The van der Waals surface area contributed by atoms with Crippen LogP contribution in [0.4, 0.5) is 0 Å². The molecule has 0 aromatic carbocycles. The minimum atomic E-state index is -3.56. The molecule has 3 aromatic rings. The molecule has 8 nitrogen and oxygen atoms in total. The zero-order valence-electron chi connectivity index (χ0n) is 13.8. The third-order valence-electron chi connectivity index (χ3n) is 4.52. The van der Waals surface area contributed by atoms with Gasteiger partial charge < -0.3 is 4.42 Å². The highest BCUT2D eigenvalue weighted by Gasteiger charge is 2.37. The van der Waals surface area contributed by atoms with E-state index in [0.29, 0.717) is 37.0 Å². The van der Waals surface area contributed by atoms with Gasteiger partial charge in [0.05, 0.1) is 17.8 Å². The van der Waals surface area contributed by atoms with Gasteiger partial charge in [-0.15, -0.1) is 10.2 Å². The lowest BCUT2D eigenvalue weighted by atomic mass is 10.1. The van der Waals surface area contributed by atoms with Crippen LogP contribution in [0, 0.1) is 6.92 Å². The normalized spacial score (nSPS) is 18.9. The number of thiophene rings is 1. The smallest absolute Gasteiger partial charge is 0.248 e. The standard InChI is InChI=1S/C15H17N5O3S2/c1-10-13(7-16-19(10)2)25(21,22)20-5-3-11(8-20)14-17-18-15(23-14)12-4-6-24-9-12/h4,6-7,9,11H,3,5,8H2,1-2H3/t11-/m1/s1. The van der Waals surface area contributed by atoms with Gasteiger partial charge in [-0.25, -0.2) is 8.42 Å². The summed E-state index contributed by atoms with van der Waals surface area (Å²) < 4.78 is 34.5. The third kappa shape index (κ3) is 2.79. The Labute approximate surface area is 149 Å². The maximum atomic E-state index is 12.8. The Hall–Kier alpha value is -2.04. The SMILES string of the molecule is Cc1c(S(=O)(=O)N2CC[C@@H](c3nnc(-c4ccsc4)o3)C2)cnn1C. The summed E-state index contributed by atoms with van der Waals surface area (Å²) in [7, 11) is -1.84. The van der Waals surface area contributed by atoms with Crippen LogP contribution in [0.5, 0.6) is 0 Å². The first-order chi connectivity index (χ1) is 12.0. The molecule has 25 heavy (non-hydrogen) atoms. The predicted octanol–water partition coefficient (Wildman–Crippen LogP) is 2.02. The summed E-state index contributed by atoms with van der Waals surface area (Å²) in [4.78, 5) is 0.250. The van der Waals surface area contributed by atoms with Crippen LogP contribution in [-0.2, 0) is 17.1 Å². The van der Waals surface area contributed by atoms with E-state index in [2.05, 4.69) is 15.3 Å². The molecule has 0 radical (unpaired) electrons. The van der Waals surface area contributed by atoms with Gasteiger partial charge in [0.2, 0.25) is 21.8 Å². The number of hydrogen-bond donors (Lipinski definition) is 0. The van der Waals surface area contributed by atoms with Gasteiger partial charge in [0.1, 0.15) is 4.90 Å². The van der Waals surface area contributed by atoms with Crippen molar-refractivity contribution >= 4 is 21.4 Å². The molecule has 1 fully saturated rings. The number of hydrogen-bond acceptors (Lipinski definition) is 7. The second-order valence-corrected chi connectivity index (χ2v) is 8.71. The van der Waals surface area contributed by atoms with Gasteiger partial charge in [0.25, 0.3) is 0 Å². The van der Waals surface area contributed by atoms with E-state index in [-0.39, 0.29) is 10.8 Å². The van der Waals surface area contributed by atoms with Crippen LogP contribution in [0.3, 0.4) is 0 Å². The number of sulfonamides is 1. The maximum Gasteiger partial charge on any atom is 0.248 e. The van der Waals surface area contributed by atoms with E-state index in [1.807, 2.05) is 16.8 Å². The predicted molar refractivity (Wildman–Crippen MR) is 91.7 cm³/mol.